The lowest BCUT2D eigenvalue weighted by atomic mass is 10.1. The third-order valence-electron chi connectivity index (χ3n) is 3.47. The van der Waals surface area contributed by atoms with E-state index in [0.29, 0.717) is 0 Å². The summed E-state index contributed by atoms with van der Waals surface area (Å²) in [5.41, 5.74) is 6.37. The molecule has 2 N–H and O–H groups in total. The average molecular weight is 189 g/mol. The van der Waals surface area contributed by atoms with Crippen molar-refractivity contribution in [2.45, 2.75) is 25.3 Å². The van der Waals surface area contributed by atoms with Crippen molar-refractivity contribution in [2.75, 3.05) is 17.2 Å². The Labute approximate surface area is 83.9 Å². The molecule has 3 heteroatoms. The topological polar surface area (TPSA) is 42.1 Å². The number of nitrogens with zero attached hydrogens (tertiary/aromatic N) is 2. The SMILES string of the molecule is Nc1ccc(N2CC3CCC2C3)nc1. The maximum Gasteiger partial charge on any atom is 0.128 e. The Morgan fingerprint density at radius 2 is 2.29 bits per heavy atom. The van der Waals surface area contributed by atoms with Crippen LogP contribution in [0.1, 0.15) is 19.3 Å². The van der Waals surface area contributed by atoms with Gasteiger partial charge in [-0.2, -0.15) is 0 Å². The van der Waals surface area contributed by atoms with E-state index in [1.165, 1.54) is 25.8 Å². The number of nitrogens with two attached hydrogens (primary N) is 1. The minimum absolute atomic E-state index is 0.746. The van der Waals surface area contributed by atoms with Crippen molar-refractivity contribution in [3.63, 3.8) is 0 Å². The third kappa shape index (κ3) is 1.15. The number of anilines is 2. The Kier molecular flexibility index (Phi) is 1.66. The number of nitrogen functional groups attached to an aromatic ring is 1. The first kappa shape index (κ1) is 8.09. The van der Waals surface area contributed by atoms with E-state index in [4.69, 9.17) is 5.73 Å². The van der Waals surface area contributed by atoms with Gasteiger partial charge in [0.15, 0.2) is 0 Å². The first-order chi connectivity index (χ1) is 6.83. The van der Waals surface area contributed by atoms with Gasteiger partial charge in [-0.25, -0.2) is 4.98 Å². The average Bonchev–Trinajstić information content (AvgIpc) is 2.80. The summed E-state index contributed by atoms with van der Waals surface area (Å²) in [6.45, 7) is 1.20. The fourth-order valence-corrected chi connectivity index (χ4v) is 2.77. The predicted molar refractivity (Wildman–Crippen MR) is 57.1 cm³/mol. The van der Waals surface area contributed by atoms with E-state index >= 15 is 0 Å². The molecule has 1 aliphatic heterocycles. The van der Waals surface area contributed by atoms with Gasteiger partial charge in [0.2, 0.25) is 0 Å². The standard InChI is InChI=1S/C11H15N3/c12-9-2-4-11(13-6-9)14-7-8-1-3-10(14)5-8/h2,4,6,8,10H,1,3,5,7,12H2. The maximum atomic E-state index is 5.62. The number of rotatable bonds is 1. The largest absolute Gasteiger partial charge is 0.397 e. The molecule has 2 atom stereocenters. The van der Waals surface area contributed by atoms with Crippen LogP contribution in [-0.4, -0.2) is 17.6 Å². The second-order valence-electron chi connectivity index (χ2n) is 4.43. The van der Waals surface area contributed by atoms with Crippen molar-refractivity contribution < 1.29 is 0 Å². The monoisotopic (exact) mass is 189 g/mol. The van der Waals surface area contributed by atoms with E-state index in [2.05, 4.69) is 9.88 Å². The Morgan fingerprint density at radius 1 is 1.36 bits per heavy atom. The predicted octanol–water partition coefficient (Wildman–Crippen LogP) is 1.65. The van der Waals surface area contributed by atoms with Crippen molar-refractivity contribution in [1.29, 1.82) is 0 Å². The Hall–Kier alpha value is -1.25. The molecule has 3 nitrogen and oxygen atoms in total. The first-order valence-electron chi connectivity index (χ1n) is 5.31. The maximum absolute atomic E-state index is 5.62. The number of fused-ring (bicyclic) bond motifs is 2. The van der Waals surface area contributed by atoms with Gasteiger partial charge >= 0.3 is 0 Å². The molecule has 1 saturated heterocycles. The number of aromatic nitrogens is 1. The molecule has 0 amide bonds. The summed E-state index contributed by atoms with van der Waals surface area (Å²) in [4.78, 5) is 6.82. The smallest absolute Gasteiger partial charge is 0.128 e. The third-order valence-corrected chi connectivity index (χ3v) is 3.47. The Balaban J connectivity index is 1.86. The summed E-state index contributed by atoms with van der Waals surface area (Å²) in [6, 6.07) is 4.72. The van der Waals surface area contributed by atoms with Crippen LogP contribution in [0.3, 0.4) is 0 Å². The molecule has 1 saturated carbocycles. The van der Waals surface area contributed by atoms with E-state index in [1.54, 1.807) is 6.20 Å². The summed E-state index contributed by atoms with van der Waals surface area (Å²) in [5.74, 6) is 2.02. The van der Waals surface area contributed by atoms with Gasteiger partial charge in [-0.15, -0.1) is 0 Å². The molecule has 14 heavy (non-hydrogen) atoms. The van der Waals surface area contributed by atoms with Crippen LogP contribution in [0, 0.1) is 5.92 Å². The lowest BCUT2D eigenvalue weighted by Gasteiger charge is -2.27. The summed E-state index contributed by atoms with van der Waals surface area (Å²) in [6.07, 6.45) is 5.88. The molecule has 1 aliphatic carbocycles. The second-order valence-corrected chi connectivity index (χ2v) is 4.43. The summed E-state index contributed by atoms with van der Waals surface area (Å²) in [5, 5.41) is 0. The molecule has 1 aromatic rings. The van der Waals surface area contributed by atoms with E-state index in [0.717, 1.165) is 23.5 Å². The van der Waals surface area contributed by atoms with Crippen molar-refractivity contribution in [3.8, 4) is 0 Å². The zero-order valence-electron chi connectivity index (χ0n) is 8.19. The number of piperidine rings is 1. The fraction of sp³-hybridized carbons (Fsp3) is 0.545. The normalized spacial score (nSPS) is 29.9. The van der Waals surface area contributed by atoms with Crippen LogP contribution in [0.15, 0.2) is 18.3 Å². The summed E-state index contributed by atoms with van der Waals surface area (Å²) >= 11 is 0. The highest BCUT2D eigenvalue weighted by Gasteiger charge is 2.38. The summed E-state index contributed by atoms with van der Waals surface area (Å²) < 4.78 is 0. The first-order valence-corrected chi connectivity index (χ1v) is 5.31. The molecular weight excluding hydrogens is 174 g/mol. The van der Waals surface area contributed by atoms with Gasteiger partial charge in [0.05, 0.1) is 11.9 Å². The Morgan fingerprint density at radius 3 is 2.86 bits per heavy atom. The van der Waals surface area contributed by atoms with Crippen LogP contribution in [0.2, 0.25) is 0 Å². The molecule has 0 radical (unpaired) electrons. The molecule has 2 bridgehead atoms. The highest BCUT2D eigenvalue weighted by atomic mass is 15.2. The van der Waals surface area contributed by atoms with E-state index < -0.39 is 0 Å². The lowest BCUT2D eigenvalue weighted by Crippen LogP contribution is -2.32. The quantitative estimate of drug-likeness (QED) is 0.730. The van der Waals surface area contributed by atoms with Gasteiger partial charge < -0.3 is 10.6 Å². The van der Waals surface area contributed by atoms with E-state index in [9.17, 15) is 0 Å². The molecule has 1 aromatic heterocycles. The zero-order valence-corrected chi connectivity index (χ0v) is 8.19. The van der Waals surface area contributed by atoms with Crippen molar-refractivity contribution >= 4 is 11.5 Å². The Bertz CT molecular complexity index is 333. The van der Waals surface area contributed by atoms with Gasteiger partial charge in [-0.05, 0) is 37.3 Å². The van der Waals surface area contributed by atoms with Crippen LogP contribution < -0.4 is 10.6 Å². The zero-order chi connectivity index (χ0) is 9.54. The van der Waals surface area contributed by atoms with Gasteiger partial charge in [-0.3, -0.25) is 0 Å². The minimum atomic E-state index is 0.746. The summed E-state index contributed by atoms with van der Waals surface area (Å²) in [7, 11) is 0. The van der Waals surface area contributed by atoms with Crippen LogP contribution >= 0.6 is 0 Å². The van der Waals surface area contributed by atoms with Gasteiger partial charge in [-0.1, -0.05) is 0 Å². The molecule has 2 aliphatic rings. The number of hydrogen-bond acceptors (Lipinski definition) is 3. The minimum Gasteiger partial charge on any atom is -0.397 e. The second kappa shape index (κ2) is 2.87. The highest BCUT2D eigenvalue weighted by molar-refractivity contribution is 5.47. The van der Waals surface area contributed by atoms with Crippen LogP contribution in [0.5, 0.6) is 0 Å². The molecule has 2 unspecified atom stereocenters. The van der Waals surface area contributed by atoms with Gasteiger partial charge in [0.1, 0.15) is 5.82 Å². The molecule has 74 valence electrons. The van der Waals surface area contributed by atoms with Crippen molar-refractivity contribution in [1.82, 2.24) is 4.98 Å². The lowest BCUT2D eigenvalue weighted by molar-refractivity contribution is 0.550. The van der Waals surface area contributed by atoms with Crippen molar-refractivity contribution in [2.24, 2.45) is 5.92 Å². The molecular formula is C11H15N3. The molecule has 0 aromatic carbocycles. The number of pyridine rings is 1. The highest BCUT2D eigenvalue weighted by Crippen LogP contribution is 2.39. The van der Waals surface area contributed by atoms with Gasteiger partial charge in [0.25, 0.3) is 0 Å². The van der Waals surface area contributed by atoms with Crippen LogP contribution in [-0.2, 0) is 0 Å². The van der Waals surface area contributed by atoms with Crippen LogP contribution in [0.4, 0.5) is 11.5 Å². The fourth-order valence-electron chi connectivity index (χ4n) is 2.77. The molecule has 3 rings (SSSR count). The van der Waals surface area contributed by atoms with Gasteiger partial charge in [0, 0.05) is 12.6 Å². The number of hydrogen-bond donors (Lipinski definition) is 1. The molecule has 2 fully saturated rings. The van der Waals surface area contributed by atoms with E-state index in [1.807, 2.05) is 12.1 Å². The van der Waals surface area contributed by atoms with Crippen molar-refractivity contribution in [3.05, 3.63) is 18.3 Å². The van der Waals surface area contributed by atoms with Crippen LogP contribution in [0.25, 0.3) is 0 Å². The van der Waals surface area contributed by atoms with E-state index in [-0.39, 0.29) is 0 Å². The molecule has 2 heterocycles. The molecule has 0 spiro atoms.